The van der Waals surface area contributed by atoms with Crippen molar-refractivity contribution in [1.82, 2.24) is 0 Å². The van der Waals surface area contributed by atoms with Crippen LogP contribution in [0.15, 0.2) is 109 Å². The van der Waals surface area contributed by atoms with Crippen molar-refractivity contribution in [3.63, 3.8) is 0 Å². The Morgan fingerprint density at radius 3 is 1.30 bits per heavy atom. The Balaban J connectivity index is 1.70. The number of benzene rings is 4. The number of aliphatic carboxylic acids is 2. The van der Waals surface area contributed by atoms with E-state index < -0.39 is 16.0 Å². The minimum Gasteiger partial charge on any atom is -0.481 e. The summed E-state index contributed by atoms with van der Waals surface area (Å²) in [6, 6.07) is 35.9. The molecule has 0 spiro atoms. The molecule has 1 aliphatic carbocycles. The lowest BCUT2D eigenvalue weighted by Gasteiger charge is -2.37. The van der Waals surface area contributed by atoms with Gasteiger partial charge in [0.15, 0.2) is 0 Å². The molecule has 37 heavy (non-hydrogen) atoms. The number of rotatable bonds is 10. The molecule has 5 rings (SSSR count). The largest absolute Gasteiger partial charge is 0.481 e. The summed E-state index contributed by atoms with van der Waals surface area (Å²) in [5.74, 6) is -1.74. The Kier molecular flexibility index (Phi) is 7.40. The minimum absolute atomic E-state index is 0.0454. The number of hydrogen-bond acceptors (Lipinski definition) is 4. The van der Waals surface area contributed by atoms with Gasteiger partial charge in [-0.3, -0.25) is 9.59 Å². The highest BCUT2D eigenvalue weighted by Gasteiger charge is 2.48. The minimum atomic E-state index is -0.869. The highest BCUT2D eigenvalue weighted by molar-refractivity contribution is 8.18. The Morgan fingerprint density at radius 1 is 0.568 bits per heavy atom. The van der Waals surface area contributed by atoms with Crippen LogP contribution in [0.1, 0.15) is 45.6 Å². The van der Waals surface area contributed by atoms with Crippen molar-refractivity contribution in [2.45, 2.75) is 27.4 Å². The number of thioether (sulfide) groups is 2. The molecule has 0 saturated heterocycles. The maximum atomic E-state index is 12.0. The summed E-state index contributed by atoms with van der Waals surface area (Å²) in [5.41, 5.74) is 6.22. The molecule has 4 aromatic carbocycles. The molecule has 0 heterocycles. The van der Waals surface area contributed by atoms with Crippen LogP contribution in [0.25, 0.3) is 11.1 Å². The van der Waals surface area contributed by atoms with Gasteiger partial charge in [-0.15, -0.1) is 23.5 Å². The van der Waals surface area contributed by atoms with Gasteiger partial charge in [0.25, 0.3) is 0 Å². The summed E-state index contributed by atoms with van der Waals surface area (Å²) in [6.45, 7) is 0. The Morgan fingerprint density at radius 2 is 0.919 bits per heavy atom. The van der Waals surface area contributed by atoms with E-state index >= 15 is 0 Å². The molecule has 0 fully saturated rings. The van der Waals surface area contributed by atoms with Gasteiger partial charge in [-0.25, -0.2) is 0 Å². The van der Waals surface area contributed by atoms with Crippen LogP contribution in [0, 0.1) is 0 Å². The summed E-state index contributed by atoms with van der Waals surface area (Å²) in [6.07, 6.45) is -0.0908. The second-order valence-electron chi connectivity index (χ2n) is 8.94. The van der Waals surface area contributed by atoms with Crippen LogP contribution in [-0.2, 0) is 13.7 Å². The van der Waals surface area contributed by atoms with Gasteiger partial charge in [-0.2, -0.15) is 0 Å². The summed E-state index contributed by atoms with van der Waals surface area (Å²) in [7, 11) is 0. The smallest absolute Gasteiger partial charge is 0.304 e. The van der Waals surface area contributed by atoms with Crippen LogP contribution < -0.4 is 0 Å². The van der Waals surface area contributed by atoms with Crippen LogP contribution in [-0.4, -0.2) is 22.2 Å². The van der Waals surface area contributed by atoms with E-state index in [4.69, 9.17) is 0 Å². The maximum Gasteiger partial charge on any atom is 0.304 e. The van der Waals surface area contributed by atoms with Crippen molar-refractivity contribution in [2.24, 2.45) is 0 Å². The van der Waals surface area contributed by atoms with Crippen molar-refractivity contribution in [1.29, 1.82) is 0 Å². The normalized spacial score (nSPS) is 14.8. The molecule has 4 aromatic rings. The summed E-state index contributed by atoms with van der Waals surface area (Å²) in [5, 5.41) is 19.1. The van der Waals surface area contributed by atoms with Gasteiger partial charge in [0.05, 0.1) is 12.8 Å². The second kappa shape index (κ2) is 10.9. The zero-order chi connectivity index (χ0) is 25.8. The van der Waals surface area contributed by atoms with E-state index in [1.807, 2.05) is 84.9 Å². The molecule has 186 valence electrons. The molecule has 0 amide bonds. The molecule has 2 atom stereocenters. The Bertz CT molecular complexity index is 1300. The molecular weight excluding hydrogens is 500 g/mol. The van der Waals surface area contributed by atoms with Crippen LogP contribution in [0.4, 0.5) is 0 Å². The molecular formula is C31H26O4S2. The lowest BCUT2D eigenvalue weighted by molar-refractivity contribution is -0.138. The first-order chi connectivity index (χ1) is 18.0. The number of fused-ring (bicyclic) bond motifs is 3. The number of carboxylic acids is 2. The zero-order valence-corrected chi connectivity index (χ0v) is 21.6. The lowest BCUT2D eigenvalue weighted by Crippen LogP contribution is -2.22. The third-order valence-corrected chi connectivity index (χ3v) is 10.1. The highest BCUT2D eigenvalue weighted by Crippen LogP contribution is 2.67. The molecule has 0 aliphatic heterocycles. The molecule has 0 bridgehead atoms. The fourth-order valence-electron chi connectivity index (χ4n) is 4.95. The molecule has 0 saturated carbocycles. The first kappa shape index (κ1) is 25.2. The molecule has 4 nitrogen and oxygen atoms in total. The molecule has 2 unspecified atom stereocenters. The van der Waals surface area contributed by atoms with Crippen molar-refractivity contribution in [3.8, 4) is 11.1 Å². The van der Waals surface area contributed by atoms with Crippen LogP contribution in [0.3, 0.4) is 0 Å². The summed E-state index contributed by atoms with van der Waals surface area (Å²) >= 11 is 3.21. The van der Waals surface area contributed by atoms with E-state index in [1.54, 1.807) is 23.5 Å². The van der Waals surface area contributed by atoms with Crippen molar-refractivity contribution in [3.05, 3.63) is 131 Å². The molecule has 0 radical (unpaired) electrons. The topological polar surface area (TPSA) is 74.6 Å². The monoisotopic (exact) mass is 526 g/mol. The van der Waals surface area contributed by atoms with Gasteiger partial charge in [-0.05, 0) is 33.4 Å². The zero-order valence-electron chi connectivity index (χ0n) is 20.0. The molecule has 2 N–H and O–H groups in total. The van der Waals surface area contributed by atoms with E-state index in [9.17, 15) is 19.8 Å². The molecule has 0 aromatic heterocycles. The van der Waals surface area contributed by atoms with E-state index in [1.165, 1.54) is 0 Å². The van der Waals surface area contributed by atoms with Gasteiger partial charge in [0.2, 0.25) is 0 Å². The number of carbonyl (C=O) groups is 2. The van der Waals surface area contributed by atoms with E-state index in [0.717, 1.165) is 33.4 Å². The van der Waals surface area contributed by atoms with E-state index in [-0.39, 0.29) is 23.3 Å². The first-order valence-corrected chi connectivity index (χ1v) is 13.8. The van der Waals surface area contributed by atoms with Gasteiger partial charge in [0.1, 0.15) is 4.08 Å². The third-order valence-electron chi connectivity index (χ3n) is 6.53. The number of hydrogen-bond donors (Lipinski definition) is 2. The van der Waals surface area contributed by atoms with Crippen molar-refractivity contribution < 1.29 is 19.8 Å². The van der Waals surface area contributed by atoms with E-state index in [0.29, 0.717) is 0 Å². The molecule has 6 heteroatoms. The van der Waals surface area contributed by atoms with Crippen LogP contribution in [0.5, 0.6) is 0 Å². The second-order valence-corrected chi connectivity index (χ2v) is 12.0. The quantitative estimate of drug-likeness (QED) is 0.206. The fraction of sp³-hybridized carbons (Fsp3) is 0.161. The SMILES string of the molecule is O=C(O)CC(SC1(SC(CC(=O)O)c2ccccc2)c2ccccc2-c2ccccc21)c1ccccc1. The predicted molar refractivity (Wildman–Crippen MR) is 151 cm³/mol. The maximum absolute atomic E-state index is 12.0. The Labute approximate surface area is 224 Å². The first-order valence-electron chi connectivity index (χ1n) is 12.1. The molecule has 1 aliphatic rings. The van der Waals surface area contributed by atoms with Gasteiger partial charge in [0, 0.05) is 10.5 Å². The summed E-state index contributed by atoms with van der Waals surface area (Å²) in [4.78, 5) is 24.1. The van der Waals surface area contributed by atoms with E-state index in [2.05, 4.69) is 24.3 Å². The standard InChI is InChI=1S/C31H26O4S2/c32-29(33)19-27(21-11-3-1-4-12-21)36-31(37-28(20-30(34)35)22-13-5-2-6-14-22)25-17-9-7-15-23(25)24-16-8-10-18-26(24)31/h1-18,27-28H,19-20H2,(H,32,33)(H,34,35). The third kappa shape index (κ3) is 5.17. The summed E-state index contributed by atoms with van der Waals surface area (Å²) < 4.78 is -0.709. The highest BCUT2D eigenvalue weighted by atomic mass is 32.2. The fourth-order valence-corrected chi connectivity index (χ4v) is 8.92. The lowest BCUT2D eigenvalue weighted by atomic mass is 10.1. The average molecular weight is 527 g/mol. The van der Waals surface area contributed by atoms with Crippen LogP contribution >= 0.6 is 23.5 Å². The van der Waals surface area contributed by atoms with Crippen LogP contribution in [0.2, 0.25) is 0 Å². The van der Waals surface area contributed by atoms with Crippen molar-refractivity contribution in [2.75, 3.05) is 0 Å². The average Bonchev–Trinajstić information content (AvgIpc) is 3.18. The van der Waals surface area contributed by atoms with Crippen molar-refractivity contribution >= 4 is 35.5 Å². The van der Waals surface area contributed by atoms with Gasteiger partial charge >= 0.3 is 11.9 Å². The van der Waals surface area contributed by atoms with Gasteiger partial charge in [-0.1, -0.05) is 109 Å². The Hall–Kier alpha value is -3.48. The number of carboxylic acid groups (broad SMARTS) is 2. The van der Waals surface area contributed by atoms with Gasteiger partial charge < -0.3 is 10.2 Å². The predicted octanol–water partition coefficient (Wildman–Crippen LogP) is 7.77.